The van der Waals surface area contributed by atoms with E-state index in [1.807, 2.05) is 47.0 Å². The lowest BCUT2D eigenvalue weighted by molar-refractivity contribution is 0.412. The molecule has 5 heteroatoms. The molecule has 3 aromatic rings. The number of methoxy groups -OCH3 is 1. The lowest BCUT2D eigenvalue weighted by Gasteiger charge is -2.04. The number of benzene rings is 1. The van der Waals surface area contributed by atoms with Gasteiger partial charge in [-0.1, -0.05) is 34.1 Å². The van der Waals surface area contributed by atoms with Crippen LogP contribution in [0.2, 0.25) is 0 Å². The number of halogens is 1. The molecule has 0 saturated carbocycles. The van der Waals surface area contributed by atoms with Crippen LogP contribution in [0, 0.1) is 0 Å². The molecule has 90 valence electrons. The average Bonchev–Trinajstić information content (AvgIpc) is 2.82. The van der Waals surface area contributed by atoms with E-state index in [1.165, 1.54) is 0 Å². The van der Waals surface area contributed by atoms with Crippen molar-refractivity contribution in [2.75, 3.05) is 7.11 Å². The first kappa shape index (κ1) is 11.2. The maximum Gasteiger partial charge on any atom is 0.169 e. The summed E-state index contributed by atoms with van der Waals surface area (Å²) in [4.78, 5) is 0. The summed E-state index contributed by atoms with van der Waals surface area (Å²) in [7, 11) is 1.64. The second-order valence-electron chi connectivity index (χ2n) is 3.80. The molecule has 0 amide bonds. The minimum atomic E-state index is 0.774. The number of fused-ring (bicyclic) bond motifs is 1. The predicted octanol–water partition coefficient (Wildman–Crippen LogP) is 3.17. The van der Waals surface area contributed by atoms with Gasteiger partial charge in [0.2, 0.25) is 0 Å². The first-order valence-corrected chi connectivity index (χ1v) is 6.22. The molecule has 0 bridgehead atoms. The van der Waals surface area contributed by atoms with Crippen LogP contribution in [0.5, 0.6) is 5.75 Å². The summed E-state index contributed by atoms with van der Waals surface area (Å²) in [5.41, 5.74) is 1.79. The van der Waals surface area contributed by atoms with Crippen molar-refractivity contribution < 1.29 is 4.74 Å². The molecule has 0 spiro atoms. The SMILES string of the molecule is COc1ccc2nnc(-c3ccccc3Br)n2c1. The summed E-state index contributed by atoms with van der Waals surface area (Å²) in [6.45, 7) is 0. The van der Waals surface area contributed by atoms with Gasteiger partial charge in [-0.3, -0.25) is 4.40 Å². The molecule has 2 aromatic heterocycles. The van der Waals surface area contributed by atoms with E-state index in [1.54, 1.807) is 7.11 Å². The minimum Gasteiger partial charge on any atom is -0.495 e. The standard InChI is InChI=1S/C13H10BrN3O/c1-18-9-6-7-12-15-16-13(17(12)8-9)10-4-2-3-5-11(10)14/h2-8H,1H3. The van der Waals surface area contributed by atoms with Crippen molar-refractivity contribution in [1.82, 2.24) is 14.6 Å². The van der Waals surface area contributed by atoms with Crippen LogP contribution < -0.4 is 4.74 Å². The van der Waals surface area contributed by atoms with Gasteiger partial charge in [-0.15, -0.1) is 10.2 Å². The largest absolute Gasteiger partial charge is 0.495 e. The van der Waals surface area contributed by atoms with Crippen molar-refractivity contribution in [3.8, 4) is 17.1 Å². The molecular weight excluding hydrogens is 294 g/mol. The minimum absolute atomic E-state index is 0.774. The normalized spacial score (nSPS) is 10.8. The third-order valence-corrected chi connectivity index (χ3v) is 3.42. The second kappa shape index (κ2) is 4.42. The maximum absolute atomic E-state index is 5.22. The van der Waals surface area contributed by atoms with E-state index in [0.717, 1.165) is 27.3 Å². The van der Waals surface area contributed by atoms with Gasteiger partial charge in [-0.05, 0) is 18.2 Å². The quantitative estimate of drug-likeness (QED) is 0.730. The number of hydrogen-bond acceptors (Lipinski definition) is 3. The summed E-state index contributed by atoms with van der Waals surface area (Å²) in [5, 5.41) is 8.38. The highest BCUT2D eigenvalue weighted by atomic mass is 79.9. The van der Waals surface area contributed by atoms with Crippen molar-refractivity contribution in [3.05, 3.63) is 47.1 Å². The number of hydrogen-bond donors (Lipinski definition) is 0. The van der Waals surface area contributed by atoms with Crippen LogP contribution in [-0.2, 0) is 0 Å². The monoisotopic (exact) mass is 303 g/mol. The molecular formula is C13H10BrN3O. The van der Waals surface area contributed by atoms with E-state index < -0.39 is 0 Å². The van der Waals surface area contributed by atoms with Crippen LogP contribution in [0.25, 0.3) is 17.0 Å². The number of rotatable bonds is 2. The van der Waals surface area contributed by atoms with E-state index >= 15 is 0 Å². The van der Waals surface area contributed by atoms with E-state index in [9.17, 15) is 0 Å². The topological polar surface area (TPSA) is 39.4 Å². The van der Waals surface area contributed by atoms with Gasteiger partial charge in [0.1, 0.15) is 5.75 Å². The van der Waals surface area contributed by atoms with Crippen molar-refractivity contribution in [3.63, 3.8) is 0 Å². The van der Waals surface area contributed by atoms with E-state index in [-0.39, 0.29) is 0 Å². The Morgan fingerprint density at radius 2 is 1.94 bits per heavy atom. The molecule has 0 radical (unpaired) electrons. The van der Waals surface area contributed by atoms with Gasteiger partial charge in [-0.2, -0.15) is 0 Å². The summed E-state index contributed by atoms with van der Waals surface area (Å²) in [5.74, 6) is 1.56. The fourth-order valence-corrected chi connectivity index (χ4v) is 2.28. The number of nitrogens with zero attached hydrogens (tertiary/aromatic N) is 3. The highest BCUT2D eigenvalue weighted by Crippen LogP contribution is 2.27. The molecule has 0 aliphatic heterocycles. The molecule has 1 aromatic carbocycles. The van der Waals surface area contributed by atoms with Crippen molar-refractivity contribution >= 4 is 21.6 Å². The van der Waals surface area contributed by atoms with Gasteiger partial charge in [0.05, 0.1) is 13.3 Å². The van der Waals surface area contributed by atoms with Gasteiger partial charge in [0, 0.05) is 10.0 Å². The molecule has 0 saturated heterocycles. The number of pyridine rings is 1. The molecule has 0 atom stereocenters. The molecule has 4 nitrogen and oxygen atoms in total. The van der Waals surface area contributed by atoms with Crippen LogP contribution in [0.4, 0.5) is 0 Å². The Balaban J connectivity index is 2.26. The highest BCUT2D eigenvalue weighted by molar-refractivity contribution is 9.10. The number of ether oxygens (including phenoxy) is 1. The van der Waals surface area contributed by atoms with Crippen LogP contribution >= 0.6 is 15.9 Å². The Morgan fingerprint density at radius 1 is 1.11 bits per heavy atom. The van der Waals surface area contributed by atoms with Crippen LogP contribution in [0.15, 0.2) is 47.1 Å². The van der Waals surface area contributed by atoms with E-state index in [4.69, 9.17) is 4.74 Å². The Labute approximate surface area is 112 Å². The fraction of sp³-hybridized carbons (Fsp3) is 0.0769. The molecule has 3 rings (SSSR count). The van der Waals surface area contributed by atoms with Gasteiger partial charge >= 0.3 is 0 Å². The van der Waals surface area contributed by atoms with Crippen LogP contribution in [-0.4, -0.2) is 21.7 Å². The third-order valence-electron chi connectivity index (χ3n) is 2.73. The zero-order valence-corrected chi connectivity index (χ0v) is 11.3. The molecule has 0 unspecified atom stereocenters. The lowest BCUT2D eigenvalue weighted by Crippen LogP contribution is -1.92. The Kier molecular flexibility index (Phi) is 2.76. The second-order valence-corrected chi connectivity index (χ2v) is 4.65. The average molecular weight is 304 g/mol. The lowest BCUT2D eigenvalue weighted by atomic mass is 10.2. The predicted molar refractivity (Wildman–Crippen MR) is 72.7 cm³/mol. The first-order chi connectivity index (χ1) is 8.79. The van der Waals surface area contributed by atoms with Gasteiger partial charge in [-0.25, -0.2) is 0 Å². The van der Waals surface area contributed by atoms with Gasteiger partial charge < -0.3 is 4.74 Å². The first-order valence-electron chi connectivity index (χ1n) is 5.43. The molecule has 0 fully saturated rings. The third kappa shape index (κ3) is 1.76. The summed E-state index contributed by atoms with van der Waals surface area (Å²) in [6, 6.07) is 11.7. The van der Waals surface area contributed by atoms with Crippen LogP contribution in [0.1, 0.15) is 0 Å². The van der Waals surface area contributed by atoms with Crippen molar-refractivity contribution in [1.29, 1.82) is 0 Å². The summed E-state index contributed by atoms with van der Waals surface area (Å²) < 4.78 is 8.13. The molecule has 0 aliphatic carbocycles. The molecule has 2 heterocycles. The Hall–Kier alpha value is -1.88. The summed E-state index contributed by atoms with van der Waals surface area (Å²) >= 11 is 3.53. The maximum atomic E-state index is 5.22. The van der Waals surface area contributed by atoms with Crippen LogP contribution in [0.3, 0.4) is 0 Å². The molecule has 0 N–H and O–H groups in total. The number of aromatic nitrogens is 3. The molecule has 0 aliphatic rings. The Bertz CT molecular complexity index is 708. The zero-order chi connectivity index (χ0) is 12.5. The van der Waals surface area contributed by atoms with Gasteiger partial charge in [0.25, 0.3) is 0 Å². The smallest absolute Gasteiger partial charge is 0.169 e. The highest BCUT2D eigenvalue weighted by Gasteiger charge is 2.11. The Morgan fingerprint density at radius 3 is 2.72 bits per heavy atom. The summed E-state index contributed by atoms with van der Waals surface area (Å²) in [6.07, 6.45) is 1.88. The van der Waals surface area contributed by atoms with Gasteiger partial charge in [0.15, 0.2) is 11.5 Å². The van der Waals surface area contributed by atoms with Crippen molar-refractivity contribution in [2.24, 2.45) is 0 Å². The van der Waals surface area contributed by atoms with E-state index in [0.29, 0.717) is 0 Å². The zero-order valence-electron chi connectivity index (χ0n) is 9.67. The van der Waals surface area contributed by atoms with Crippen molar-refractivity contribution in [2.45, 2.75) is 0 Å². The molecule has 18 heavy (non-hydrogen) atoms. The van der Waals surface area contributed by atoms with E-state index in [2.05, 4.69) is 26.1 Å². The fourth-order valence-electron chi connectivity index (χ4n) is 1.82.